The van der Waals surface area contributed by atoms with Crippen molar-refractivity contribution in [2.45, 2.75) is 87.2 Å². The summed E-state index contributed by atoms with van der Waals surface area (Å²) in [6.07, 6.45) is 1.96. The van der Waals surface area contributed by atoms with E-state index in [1.807, 2.05) is 0 Å². The van der Waals surface area contributed by atoms with Gasteiger partial charge in [0.2, 0.25) is 47.3 Å². The summed E-state index contributed by atoms with van der Waals surface area (Å²) >= 11 is 1.35. The zero-order valence-electron chi connectivity index (χ0n) is 30.6. The molecule has 0 aromatic heterocycles. The highest BCUT2D eigenvalue weighted by molar-refractivity contribution is 7.98. The van der Waals surface area contributed by atoms with Crippen molar-refractivity contribution in [1.29, 1.82) is 0 Å². The normalized spacial score (nSPS) is 22.2. The molecule has 0 saturated carbocycles. The van der Waals surface area contributed by atoms with Gasteiger partial charge in [-0.25, -0.2) is 0 Å². The minimum atomic E-state index is -1.61. The van der Waals surface area contributed by atoms with Gasteiger partial charge in [0.15, 0.2) is 0 Å². The van der Waals surface area contributed by atoms with Crippen LogP contribution < -0.4 is 48.7 Å². The molecule has 14 N–H and O–H groups in total. The Morgan fingerprint density at radius 1 is 0.836 bits per heavy atom. The number of nitrogens with one attached hydrogen (secondary N) is 7. The topological polar surface area (TPSA) is 333 Å². The van der Waals surface area contributed by atoms with Crippen molar-refractivity contribution in [3.63, 3.8) is 0 Å². The number of aliphatic hydroxyl groups excluding tert-OH is 3. The molecular formula is C34H57N9O11S. The number of thioether (sulfide) groups is 1. The van der Waals surface area contributed by atoms with Crippen LogP contribution in [0.25, 0.3) is 0 Å². The van der Waals surface area contributed by atoms with Gasteiger partial charge in [-0.15, -0.1) is 0 Å². The van der Waals surface area contributed by atoms with Crippen molar-refractivity contribution < 1.29 is 56.5 Å². The van der Waals surface area contributed by atoms with E-state index in [0.717, 1.165) is 0 Å². The zero-order valence-corrected chi connectivity index (χ0v) is 31.4. The molecule has 20 nitrogen and oxygen atoms in total. The third-order valence-electron chi connectivity index (χ3n) is 8.60. The summed E-state index contributed by atoms with van der Waals surface area (Å²) in [5.74, 6) is -6.43. The molecule has 7 atom stereocenters. The second-order valence-corrected chi connectivity index (χ2v) is 13.8. The third kappa shape index (κ3) is 16.2. The molecule has 1 aliphatic heterocycles. The van der Waals surface area contributed by atoms with Crippen LogP contribution in [0.1, 0.15) is 46.9 Å². The summed E-state index contributed by atoms with van der Waals surface area (Å²) < 4.78 is 0. The van der Waals surface area contributed by atoms with Gasteiger partial charge >= 0.3 is 0 Å². The van der Waals surface area contributed by atoms with Crippen LogP contribution >= 0.6 is 11.8 Å². The molecule has 0 radical (unpaired) electrons. The fraction of sp³-hybridized carbons (Fsp3) is 0.588. The second-order valence-electron chi connectivity index (χ2n) is 12.8. The number of aliphatic hydroxyl groups is 3. The van der Waals surface area contributed by atoms with Crippen LogP contribution in [0, 0.1) is 0 Å². The maximum absolute atomic E-state index is 13.5. The molecule has 310 valence electrons. The monoisotopic (exact) mass is 799 g/mol. The first-order valence-electron chi connectivity index (χ1n) is 17.7. The number of carbonyl (C=O) groups excluding carboxylic acids is 8. The average Bonchev–Trinajstić information content (AvgIpc) is 3.16. The molecule has 1 heterocycles. The Kier molecular flexibility index (Phi) is 20.7. The van der Waals surface area contributed by atoms with E-state index in [-0.39, 0.29) is 47.9 Å². The minimum Gasteiger partial charge on any atom is -0.394 e. The standard InChI is InChI=1S/C34H53N9O11S.2H2/c1-55-14-12-22-32(52)43-25(17-45)33(53)39-20(9-5-6-13-37-27(47)11-10-21(31(51)40-22)38-24(16-44)29(36)49)30(50)42-26(18-46)34(54)41-23(28(35)48)15-19-7-3-2-4-8-19;;/h2-4,7-8,20-26,38,44-46H,5-6,9-18H2,1H3,(H2,35,48)(H2,36,49)(H,37,47)(H,39,53)(H,40,51)(H,41,54)(H,42,50)(H,43,52);2*1H/t20?,21?,22-,23-,24-,25-,26-;;/m0../s1. The first-order chi connectivity index (χ1) is 26.2. The summed E-state index contributed by atoms with van der Waals surface area (Å²) in [5, 5.41) is 47.1. The summed E-state index contributed by atoms with van der Waals surface area (Å²) in [6, 6.07) is -0.901. The Bertz CT molecular complexity index is 1490. The van der Waals surface area contributed by atoms with Crippen LogP contribution in [0.15, 0.2) is 30.3 Å². The van der Waals surface area contributed by atoms with Crippen LogP contribution in [0.4, 0.5) is 0 Å². The van der Waals surface area contributed by atoms with Crippen molar-refractivity contribution in [3.8, 4) is 0 Å². The molecule has 0 aliphatic carbocycles. The minimum absolute atomic E-state index is 0. The Morgan fingerprint density at radius 2 is 1.47 bits per heavy atom. The van der Waals surface area contributed by atoms with Crippen LogP contribution in [0.2, 0.25) is 0 Å². The van der Waals surface area contributed by atoms with Crippen molar-refractivity contribution in [2.24, 2.45) is 11.5 Å². The van der Waals surface area contributed by atoms with E-state index in [9.17, 15) is 53.7 Å². The molecule has 2 unspecified atom stereocenters. The molecule has 0 bridgehead atoms. The number of carbonyl (C=O) groups is 8. The van der Waals surface area contributed by atoms with Crippen LogP contribution in [-0.2, 0) is 44.8 Å². The quantitative estimate of drug-likeness (QED) is 0.0749. The first-order valence-corrected chi connectivity index (χ1v) is 19.1. The smallest absolute Gasteiger partial charge is 0.245 e. The molecule has 1 aliphatic rings. The first kappa shape index (κ1) is 46.3. The van der Waals surface area contributed by atoms with Crippen molar-refractivity contribution in [2.75, 3.05) is 38.4 Å². The molecule has 1 fully saturated rings. The lowest BCUT2D eigenvalue weighted by Gasteiger charge is -2.27. The largest absolute Gasteiger partial charge is 0.394 e. The lowest BCUT2D eigenvalue weighted by atomic mass is 10.0. The van der Waals surface area contributed by atoms with Gasteiger partial charge in [0.25, 0.3) is 0 Å². The number of amides is 8. The van der Waals surface area contributed by atoms with Gasteiger partial charge < -0.3 is 58.7 Å². The van der Waals surface area contributed by atoms with E-state index in [4.69, 9.17) is 11.5 Å². The lowest BCUT2D eigenvalue weighted by molar-refractivity contribution is -0.136. The lowest BCUT2D eigenvalue weighted by Crippen LogP contribution is -2.61. The molecule has 21 heteroatoms. The second kappa shape index (κ2) is 24.6. The molecule has 8 amide bonds. The van der Waals surface area contributed by atoms with Gasteiger partial charge in [0.05, 0.1) is 25.9 Å². The van der Waals surface area contributed by atoms with E-state index < -0.39 is 109 Å². The Morgan fingerprint density at radius 3 is 2.07 bits per heavy atom. The number of hydrogen-bond acceptors (Lipinski definition) is 13. The summed E-state index contributed by atoms with van der Waals surface area (Å²) in [7, 11) is 0. The average molecular weight is 800 g/mol. The maximum Gasteiger partial charge on any atom is 0.245 e. The van der Waals surface area contributed by atoms with Gasteiger partial charge in [-0.3, -0.25) is 43.7 Å². The van der Waals surface area contributed by atoms with E-state index in [0.29, 0.717) is 17.7 Å². The molecule has 1 aromatic carbocycles. The van der Waals surface area contributed by atoms with Gasteiger partial charge in [0, 0.05) is 22.2 Å². The highest BCUT2D eigenvalue weighted by atomic mass is 32.2. The molecule has 0 spiro atoms. The maximum atomic E-state index is 13.5. The van der Waals surface area contributed by atoms with Gasteiger partial charge in [0.1, 0.15) is 36.3 Å². The van der Waals surface area contributed by atoms with Crippen LogP contribution in [-0.4, -0.2) is 143 Å². The number of benzene rings is 1. The molecule has 1 aromatic rings. The van der Waals surface area contributed by atoms with Gasteiger partial charge in [-0.1, -0.05) is 30.3 Å². The highest BCUT2D eigenvalue weighted by Crippen LogP contribution is 2.09. The van der Waals surface area contributed by atoms with Crippen LogP contribution in [0.3, 0.4) is 0 Å². The van der Waals surface area contributed by atoms with Crippen molar-refractivity contribution in [1.82, 2.24) is 37.2 Å². The van der Waals surface area contributed by atoms with Crippen LogP contribution in [0.5, 0.6) is 0 Å². The SMILES string of the molecule is CSCC[C@@H]1NC(=O)C(N[C@@H](CO)C(N)=O)CCC(=O)NCCCCC(C(=O)N[C@@H](CO)C(=O)N[C@@H](Cc2ccccc2)C(N)=O)NC(=O)[C@H](CO)NC1=O.[HH].[HH]. The zero-order chi connectivity index (χ0) is 40.9. The number of hydrogen-bond donors (Lipinski definition) is 12. The van der Waals surface area contributed by atoms with Gasteiger partial charge in [-0.2, -0.15) is 11.8 Å². The fourth-order valence-corrected chi connectivity index (χ4v) is 5.89. The Hall–Kier alpha value is -4.83. The van der Waals surface area contributed by atoms with Gasteiger partial charge in [-0.05, 0) is 49.7 Å². The number of primary amides is 2. The van der Waals surface area contributed by atoms with E-state index in [1.165, 1.54) is 11.8 Å². The predicted molar refractivity (Wildman–Crippen MR) is 203 cm³/mol. The fourth-order valence-electron chi connectivity index (χ4n) is 5.42. The highest BCUT2D eigenvalue weighted by Gasteiger charge is 2.33. The number of nitrogens with two attached hydrogens (primary N) is 2. The Labute approximate surface area is 325 Å². The van der Waals surface area contributed by atoms with E-state index in [2.05, 4.69) is 37.2 Å². The van der Waals surface area contributed by atoms with Crippen molar-refractivity contribution >= 4 is 59.0 Å². The molecule has 1 saturated heterocycles. The van der Waals surface area contributed by atoms with E-state index >= 15 is 0 Å². The molecule has 55 heavy (non-hydrogen) atoms. The summed E-state index contributed by atoms with van der Waals surface area (Å²) in [5.41, 5.74) is 11.5. The Balaban J connectivity index is 0.0000157. The number of rotatable bonds is 16. The predicted octanol–water partition coefficient (Wildman–Crippen LogP) is -4.75. The molecular weight excluding hydrogens is 742 g/mol. The van der Waals surface area contributed by atoms with Crippen molar-refractivity contribution in [3.05, 3.63) is 35.9 Å². The summed E-state index contributed by atoms with van der Waals surface area (Å²) in [6.45, 7) is -2.43. The summed E-state index contributed by atoms with van der Waals surface area (Å²) in [4.78, 5) is 103. The molecule has 2 rings (SSSR count). The third-order valence-corrected chi connectivity index (χ3v) is 9.24. The van der Waals surface area contributed by atoms with E-state index in [1.54, 1.807) is 36.6 Å².